The summed E-state index contributed by atoms with van der Waals surface area (Å²) in [6.45, 7) is 17.5. The lowest BCUT2D eigenvalue weighted by atomic mass is 10.1. The Morgan fingerprint density at radius 3 is 1.28 bits per heavy atom. The van der Waals surface area contributed by atoms with Crippen molar-refractivity contribution in [2.75, 3.05) is 39.3 Å². The summed E-state index contributed by atoms with van der Waals surface area (Å²) in [5.41, 5.74) is -0.193. The summed E-state index contributed by atoms with van der Waals surface area (Å²) < 4.78 is 0. The fourth-order valence-corrected chi connectivity index (χ4v) is 3.61. The van der Waals surface area contributed by atoms with Crippen molar-refractivity contribution in [2.24, 2.45) is 0 Å². The maximum atomic E-state index is 12.4. The molecule has 2 fully saturated rings. The second-order valence-corrected chi connectivity index (χ2v) is 9.24. The second-order valence-electron chi connectivity index (χ2n) is 9.24. The molecule has 6 heteroatoms. The summed E-state index contributed by atoms with van der Waals surface area (Å²) in [5, 5.41) is 0. The Bertz CT molecular complexity index is 449. The first-order chi connectivity index (χ1) is 11.5. The van der Waals surface area contributed by atoms with E-state index in [4.69, 9.17) is 0 Å². The Kier molecular flexibility index (Phi) is 5.89. The second kappa shape index (κ2) is 7.42. The number of hydrogen-bond acceptors (Lipinski definition) is 2. The van der Waals surface area contributed by atoms with Crippen LogP contribution >= 0.6 is 0 Å². The van der Waals surface area contributed by atoms with E-state index in [1.54, 1.807) is 0 Å². The monoisotopic (exact) mass is 352 g/mol. The molecule has 2 rings (SSSR count). The van der Waals surface area contributed by atoms with Gasteiger partial charge in [-0.3, -0.25) is 0 Å². The third-order valence-corrected chi connectivity index (χ3v) is 5.17. The highest BCUT2D eigenvalue weighted by molar-refractivity contribution is 5.77. The summed E-state index contributed by atoms with van der Waals surface area (Å²) in [6, 6.07) is 0.339. The van der Waals surface area contributed by atoms with Crippen LogP contribution in [-0.4, -0.2) is 82.0 Å². The van der Waals surface area contributed by atoms with Crippen LogP contribution in [-0.2, 0) is 0 Å². The standard InChI is InChI=1S/C19H36N4O2/c1-18(2,3)22-14-12-20(16(22)24)10-8-7-9-11-21-13-15-23(17(21)25)19(4,5)6/h7-15H2,1-6H3. The van der Waals surface area contributed by atoms with Gasteiger partial charge in [0.05, 0.1) is 0 Å². The number of hydrogen-bond donors (Lipinski definition) is 0. The van der Waals surface area contributed by atoms with Crippen molar-refractivity contribution >= 4 is 12.1 Å². The summed E-state index contributed by atoms with van der Waals surface area (Å²) in [6.07, 6.45) is 3.07. The number of rotatable bonds is 6. The van der Waals surface area contributed by atoms with E-state index in [-0.39, 0.29) is 23.1 Å². The van der Waals surface area contributed by atoms with Crippen molar-refractivity contribution in [3.8, 4) is 0 Å². The summed E-state index contributed by atoms with van der Waals surface area (Å²) in [4.78, 5) is 32.6. The molecule has 0 spiro atoms. The lowest BCUT2D eigenvalue weighted by molar-refractivity contribution is 0.154. The van der Waals surface area contributed by atoms with Crippen molar-refractivity contribution in [3.05, 3.63) is 0 Å². The largest absolute Gasteiger partial charge is 0.323 e. The van der Waals surface area contributed by atoms with Gasteiger partial charge in [0.1, 0.15) is 0 Å². The predicted octanol–water partition coefficient (Wildman–Crippen LogP) is 3.23. The van der Waals surface area contributed by atoms with Crippen molar-refractivity contribution in [1.29, 1.82) is 0 Å². The normalized spacial score (nSPS) is 19.6. The van der Waals surface area contributed by atoms with Crippen LogP contribution in [0.5, 0.6) is 0 Å². The van der Waals surface area contributed by atoms with Crippen molar-refractivity contribution < 1.29 is 9.59 Å². The quantitative estimate of drug-likeness (QED) is 0.689. The van der Waals surface area contributed by atoms with Gasteiger partial charge in [-0.15, -0.1) is 0 Å². The summed E-state index contributed by atoms with van der Waals surface area (Å²) >= 11 is 0. The van der Waals surface area contributed by atoms with E-state index in [0.717, 1.165) is 58.5 Å². The van der Waals surface area contributed by atoms with Gasteiger partial charge in [0.25, 0.3) is 0 Å². The Labute approximate surface area is 153 Å². The van der Waals surface area contributed by atoms with Crippen LogP contribution < -0.4 is 0 Å². The number of carbonyl (C=O) groups is 2. The minimum absolute atomic E-state index is 0.0964. The van der Waals surface area contributed by atoms with E-state index < -0.39 is 0 Å². The lowest BCUT2D eigenvalue weighted by Crippen LogP contribution is -2.44. The molecule has 0 bridgehead atoms. The van der Waals surface area contributed by atoms with E-state index in [2.05, 4.69) is 41.5 Å². The molecule has 0 atom stereocenters. The zero-order chi connectivity index (χ0) is 18.8. The van der Waals surface area contributed by atoms with Crippen molar-refractivity contribution in [3.63, 3.8) is 0 Å². The first-order valence-corrected chi connectivity index (χ1v) is 9.65. The van der Waals surface area contributed by atoms with Crippen LogP contribution in [0.15, 0.2) is 0 Å². The maximum absolute atomic E-state index is 12.4. The van der Waals surface area contributed by atoms with Gasteiger partial charge in [0.2, 0.25) is 0 Å². The molecule has 0 radical (unpaired) electrons. The number of carbonyl (C=O) groups excluding carboxylic acids is 2. The van der Waals surface area contributed by atoms with E-state index in [9.17, 15) is 9.59 Å². The summed E-state index contributed by atoms with van der Waals surface area (Å²) in [5.74, 6) is 0. The molecule has 0 saturated carbocycles. The van der Waals surface area contributed by atoms with Crippen LogP contribution in [0.1, 0.15) is 60.8 Å². The summed E-state index contributed by atoms with van der Waals surface area (Å²) in [7, 11) is 0. The molecule has 144 valence electrons. The van der Waals surface area contributed by atoms with Crippen LogP contribution in [0.3, 0.4) is 0 Å². The van der Waals surface area contributed by atoms with Gasteiger partial charge in [-0.25, -0.2) is 9.59 Å². The molecule has 0 aromatic carbocycles. The highest BCUT2D eigenvalue weighted by atomic mass is 16.2. The van der Waals surface area contributed by atoms with Gasteiger partial charge in [0.15, 0.2) is 0 Å². The molecule has 4 amide bonds. The third kappa shape index (κ3) is 4.79. The van der Waals surface area contributed by atoms with Crippen LogP contribution in [0.25, 0.3) is 0 Å². The topological polar surface area (TPSA) is 47.1 Å². The Balaban J connectivity index is 1.65. The van der Waals surface area contributed by atoms with Crippen LogP contribution in [0.4, 0.5) is 9.59 Å². The molecule has 0 aromatic heterocycles. The molecule has 2 saturated heterocycles. The molecule has 0 unspecified atom stereocenters. The molecule has 2 aliphatic rings. The SMILES string of the molecule is CC(C)(C)N1CCN(CCCCCN2CCN(C(C)(C)C)C2=O)C1=O. The van der Waals surface area contributed by atoms with Crippen molar-refractivity contribution in [2.45, 2.75) is 71.9 Å². The first kappa shape index (κ1) is 19.9. The fraction of sp³-hybridized carbons (Fsp3) is 0.895. The molecule has 0 aromatic rings. The van der Waals surface area contributed by atoms with E-state index >= 15 is 0 Å². The number of nitrogens with zero attached hydrogens (tertiary/aromatic N) is 4. The van der Waals surface area contributed by atoms with Crippen LogP contribution in [0, 0.1) is 0 Å². The average molecular weight is 353 g/mol. The van der Waals surface area contributed by atoms with Crippen molar-refractivity contribution in [1.82, 2.24) is 19.6 Å². The molecule has 0 aliphatic carbocycles. The zero-order valence-corrected chi connectivity index (χ0v) is 17.0. The van der Waals surface area contributed by atoms with Gasteiger partial charge in [0, 0.05) is 50.3 Å². The fourth-order valence-electron chi connectivity index (χ4n) is 3.61. The van der Waals surface area contributed by atoms with Crippen LogP contribution in [0.2, 0.25) is 0 Å². The maximum Gasteiger partial charge on any atom is 0.320 e. The molecule has 6 nitrogen and oxygen atoms in total. The lowest BCUT2D eigenvalue weighted by Gasteiger charge is -2.31. The van der Waals surface area contributed by atoms with Gasteiger partial charge >= 0.3 is 12.1 Å². The molecule has 0 N–H and O–H groups in total. The van der Waals surface area contributed by atoms with Gasteiger partial charge < -0.3 is 19.6 Å². The van der Waals surface area contributed by atoms with Gasteiger partial charge in [-0.05, 0) is 60.8 Å². The highest BCUT2D eigenvalue weighted by Crippen LogP contribution is 2.22. The number of unbranched alkanes of at least 4 members (excludes halogenated alkanes) is 2. The molecule has 25 heavy (non-hydrogen) atoms. The van der Waals surface area contributed by atoms with Gasteiger partial charge in [-0.1, -0.05) is 0 Å². The van der Waals surface area contributed by atoms with Gasteiger partial charge in [-0.2, -0.15) is 0 Å². The average Bonchev–Trinajstić information content (AvgIpc) is 3.02. The third-order valence-electron chi connectivity index (χ3n) is 5.17. The molecular formula is C19H36N4O2. The van der Waals surface area contributed by atoms with E-state index in [1.807, 2.05) is 19.6 Å². The molecular weight excluding hydrogens is 316 g/mol. The highest BCUT2D eigenvalue weighted by Gasteiger charge is 2.36. The molecule has 2 heterocycles. The number of amides is 4. The predicted molar refractivity (Wildman–Crippen MR) is 101 cm³/mol. The Hall–Kier alpha value is -1.46. The molecule has 2 aliphatic heterocycles. The van der Waals surface area contributed by atoms with E-state index in [0.29, 0.717) is 0 Å². The minimum atomic E-state index is -0.0964. The number of urea groups is 2. The van der Waals surface area contributed by atoms with E-state index in [1.165, 1.54) is 0 Å². The smallest absolute Gasteiger partial charge is 0.320 e. The first-order valence-electron chi connectivity index (χ1n) is 9.65. The zero-order valence-electron chi connectivity index (χ0n) is 17.0. The Morgan fingerprint density at radius 1 is 0.640 bits per heavy atom. The Morgan fingerprint density at radius 2 is 1.00 bits per heavy atom. The minimum Gasteiger partial charge on any atom is -0.323 e.